The number of methoxy groups -OCH3 is 1. The van der Waals surface area contributed by atoms with Crippen molar-refractivity contribution < 1.29 is 14.3 Å². The van der Waals surface area contributed by atoms with Gasteiger partial charge in [-0.3, -0.25) is 4.79 Å². The van der Waals surface area contributed by atoms with E-state index < -0.39 is 0 Å². The molecule has 0 bridgehead atoms. The van der Waals surface area contributed by atoms with Crippen molar-refractivity contribution in [2.24, 2.45) is 0 Å². The molecule has 0 unspecified atom stereocenters. The second-order valence-electron chi connectivity index (χ2n) is 7.35. The lowest BCUT2D eigenvalue weighted by Crippen LogP contribution is -2.61. The number of carbonyl (C=O) groups is 1. The second-order valence-corrected chi connectivity index (χ2v) is 7.35. The molecule has 1 amide bonds. The van der Waals surface area contributed by atoms with Crippen LogP contribution in [0.25, 0.3) is 0 Å². The summed E-state index contributed by atoms with van der Waals surface area (Å²) in [6.45, 7) is 8.89. The molecule has 1 aromatic rings. The summed E-state index contributed by atoms with van der Waals surface area (Å²) >= 11 is 0. The molecule has 2 aliphatic rings. The van der Waals surface area contributed by atoms with Gasteiger partial charge in [-0.15, -0.1) is 0 Å². The number of para-hydroxylation sites is 2. The van der Waals surface area contributed by atoms with Gasteiger partial charge in [-0.1, -0.05) is 12.1 Å². The van der Waals surface area contributed by atoms with Gasteiger partial charge in [0.2, 0.25) is 5.91 Å². The van der Waals surface area contributed by atoms with E-state index in [0.717, 1.165) is 37.6 Å². The molecule has 6 nitrogen and oxygen atoms in total. The zero-order valence-electron chi connectivity index (χ0n) is 15.5. The van der Waals surface area contributed by atoms with Crippen LogP contribution >= 0.6 is 0 Å². The average Bonchev–Trinajstić information content (AvgIpc) is 2.61. The Balaban J connectivity index is 1.66. The molecule has 0 aliphatic carbocycles. The van der Waals surface area contributed by atoms with E-state index in [1.807, 2.05) is 23.1 Å². The van der Waals surface area contributed by atoms with Gasteiger partial charge in [0, 0.05) is 32.7 Å². The van der Waals surface area contributed by atoms with E-state index in [9.17, 15) is 4.79 Å². The first-order chi connectivity index (χ1) is 12.0. The Morgan fingerprint density at radius 3 is 2.84 bits per heavy atom. The number of amides is 1. The van der Waals surface area contributed by atoms with E-state index in [1.54, 1.807) is 7.11 Å². The van der Waals surface area contributed by atoms with Crippen molar-refractivity contribution in [2.45, 2.75) is 31.9 Å². The maximum atomic E-state index is 12.7. The predicted octanol–water partition coefficient (Wildman–Crippen LogP) is 1.50. The Hall–Kier alpha value is -1.79. The SMILES string of the molecule is COc1ccccc1N1CCN(C(=O)C[C@@H]2CNCCO2)CC1(C)C. The first-order valence-electron chi connectivity index (χ1n) is 9.02. The molecular weight excluding hydrogens is 318 g/mol. The Kier molecular flexibility index (Phi) is 5.49. The number of hydrogen-bond acceptors (Lipinski definition) is 5. The van der Waals surface area contributed by atoms with Crippen LogP contribution in [0.5, 0.6) is 5.75 Å². The van der Waals surface area contributed by atoms with E-state index >= 15 is 0 Å². The summed E-state index contributed by atoms with van der Waals surface area (Å²) in [6.07, 6.45) is 0.453. The molecule has 2 heterocycles. The first kappa shape index (κ1) is 18.0. The summed E-state index contributed by atoms with van der Waals surface area (Å²) < 4.78 is 11.2. The molecule has 25 heavy (non-hydrogen) atoms. The fourth-order valence-electron chi connectivity index (χ4n) is 3.74. The van der Waals surface area contributed by atoms with Gasteiger partial charge < -0.3 is 24.6 Å². The maximum absolute atomic E-state index is 12.7. The summed E-state index contributed by atoms with van der Waals surface area (Å²) in [5, 5.41) is 3.28. The largest absolute Gasteiger partial charge is 0.495 e. The third-order valence-corrected chi connectivity index (χ3v) is 5.04. The zero-order chi connectivity index (χ0) is 17.9. The van der Waals surface area contributed by atoms with E-state index in [4.69, 9.17) is 9.47 Å². The highest BCUT2D eigenvalue weighted by atomic mass is 16.5. The number of hydrogen-bond donors (Lipinski definition) is 1. The molecule has 1 atom stereocenters. The van der Waals surface area contributed by atoms with Crippen molar-refractivity contribution in [3.05, 3.63) is 24.3 Å². The van der Waals surface area contributed by atoms with Gasteiger partial charge in [-0.05, 0) is 26.0 Å². The number of nitrogens with one attached hydrogen (secondary N) is 1. The highest BCUT2D eigenvalue weighted by molar-refractivity contribution is 5.77. The van der Waals surface area contributed by atoms with Crippen molar-refractivity contribution in [1.82, 2.24) is 10.2 Å². The van der Waals surface area contributed by atoms with Gasteiger partial charge in [-0.25, -0.2) is 0 Å². The van der Waals surface area contributed by atoms with Crippen LogP contribution in [0, 0.1) is 0 Å². The molecule has 3 rings (SSSR count). The van der Waals surface area contributed by atoms with Gasteiger partial charge in [0.1, 0.15) is 5.75 Å². The molecular formula is C19H29N3O3. The van der Waals surface area contributed by atoms with Gasteiger partial charge in [0.05, 0.1) is 37.5 Å². The van der Waals surface area contributed by atoms with Crippen LogP contribution in [0.4, 0.5) is 5.69 Å². The summed E-state index contributed by atoms with van der Waals surface area (Å²) in [6, 6.07) is 8.07. The first-order valence-corrected chi connectivity index (χ1v) is 9.02. The van der Waals surface area contributed by atoms with E-state index in [0.29, 0.717) is 19.6 Å². The van der Waals surface area contributed by atoms with Crippen LogP contribution in [-0.2, 0) is 9.53 Å². The fourth-order valence-corrected chi connectivity index (χ4v) is 3.74. The third kappa shape index (κ3) is 4.07. The number of benzene rings is 1. The number of anilines is 1. The minimum absolute atomic E-state index is 0.00314. The Morgan fingerprint density at radius 2 is 2.16 bits per heavy atom. The summed E-state index contributed by atoms with van der Waals surface area (Å²) in [5.74, 6) is 1.05. The molecule has 0 aromatic heterocycles. The van der Waals surface area contributed by atoms with Crippen molar-refractivity contribution in [2.75, 3.05) is 51.3 Å². The minimum Gasteiger partial charge on any atom is -0.495 e. The average molecular weight is 347 g/mol. The van der Waals surface area contributed by atoms with Crippen molar-refractivity contribution >= 4 is 11.6 Å². The molecule has 2 aliphatic heterocycles. The number of nitrogens with zero attached hydrogens (tertiary/aromatic N) is 2. The highest BCUT2D eigenvalue weighted by Crippen LogP contribution is 2.35. The van der Waals surface area contributed by atoms with Crippen molar-refractivity contribution in [3.63, 3.8) is 0 Å². The molecule has 6 heteroatoms. The minimum atomic E-state index is -0.159. The number of morpholine rings is 1. The maximum Gasteiger partial charge on any atom is 0.225 e. The van der Waals surface area contributed by atoms with Crippen LogP contribution in [0.15, 0.2) is 24.3 Å². The van der Waals surface area contributed by atoms with Crippen molar-refractivity contribution in [3.8, 4) is 5.75 Å². The molecule has 138 valence electrons. The number of carbonyl (C=O) groups excluding carboxylic acids is 1. The normalized spacial score (nSPS) is 23.4. The van der Waals surface area contributed by atoms with Crippen LogP contribution in [-0.4, -0.2) is 68.9 Å². The standard InChI is InChI=1S/C19H29N3O3/c1-19(2)14-21(18(23)12-15-13-20-8-11-25-15)9-10-22(19)16-6-4-5-7-17(16)24-3/h4-7,15,20H,8-14H2,1-3H3/t15-/m1/s1. The highest BCUT2D eigenvalue weighted by Gasteiger charge is 2.37. The zero-order valence-corrected chi connectivity index (χ0v) is 15.5. The van der Waals surface area contributed by atoms with Crippen molar-refractivity contribution in [1.29, 1.82) is 0 Å². The lowest BCUT2D eigenvalue weighted by Gasteiger charge is -2.49. The summed E-state index contributed by atoms with van der Waals surface area (Å²) in [5.41, 5.74) is 0.927. The van der Waals surface area contributed by atoms with Gasteiger partial charge >= 0.3 is 0 Å². The van der Waals surface area contributed by atoms with E-state index in [2.05, 4.69) is 30.1 Å². The lowest BCUT2D eigenvalue weighted by atomic mass is 9.97. The van der Waals surface area contributed by atoms with Crippen LogP contribution in [0.1, 0.15) is 20.3 Å². The fraction of sp³-hybridized carbons (Fsp3) is 0.632. The number of piperazine rings is 1. The third-order valence-electron chi connectivity index (χ3n) is 5.04. The van der Waals surface area contributed by atoms with Crippen LogP contribution in [0.2, 0.25) is 0 Å². The molecule has 1 N–H and O–H groups in total. The molecule has 0 spiro atoms. The Morgan fingerprint density at radius 1 is 1.36 bits per heavy atom. The monoisotopic (exact) mass is 347 g/mol. The van der Waals surface area contributed by atoms with Gasteiger partial charge in [0.25, 0.3) is 0 Å². The molecule has 0 radical (unpaired) electrons. The van der Waals surface area contributed by atoms with E-state index in [-0.39, 0.29) is 17.6 Å². The number of rotatable bonds is 4. The lowest BCUT2D eigenvalue weighted by molar-refractivity contribution is -0.136. The van der Waals surface area contributed by atoms with Crippen LogP contribution in [0.3, 0.4) is 0 Å². The topological polar surface area (TPSA) is 54.0 Å². The summed E-state index contributed by atoms with van der Waals surface area (Å²) in [4.78, 5) is 17.0. The van der Waals surface area contributed by atoms with E-state index in [1.165, 1.54) is 0 Å². The smallest absolute Gasteiger partial charge is 0.225 e. The molecule has 2 saturated heterocycles. The number of ether oxygens (including phenoxy) is 2. The Labute approximate surface area is 150 Å². The molecule has 1 aromatic carbocycles. The predicted molar refractivity (Wildman–Crippen MR) is 98.2 cm³/mol. The molecule has 0 saturated carbocycles. The molecule has 2 fully saturated rings. The van der Waals surface area contributed by atoms with Gasteiger partial charge in [-0.2, -0.15) is 0 Å². The second kappa shape index (κ2) is 7.62. The Bertz CT molecular complexity index is 599. The van der Waals surface area contributed by atoms with Crippen LogP contribution < -0.4 is 15.0 Å². The quantitative estimate of drug-likeness (QED) is 0.895. The van der Waals surface area contributed by atoms with Gasteiger partial charge in [0.15, 0.2) is 0 Å². The summed E-state index contributed by atoms with van der Waals surface area (Å²) in [7, 11) is 1.70.